The SMILES string of the molecule is NC1Nc2cc(-c3ccc4ncc(C(=O)N5CC(O)C5)n4c3)ccc2O1. The standard InChI is InChI=1S/C18H17N5O3/c19-18-21-13-5-10(1-3-15(13)26-18)11-2-4-16-20-6-14(23(16)7-11)17(25)22-8-12(24)9-22/h1-7,12,18,21,24H,8-9,19H2. The van der Waals surface area contributed by atoms with Crippen molar-refractivity contribution in [2.45, 2.75) is 12.5 Å². The van der Waals surface area contributed by atoms with Crippen LogP contribution in [0.4, 0.5) is 5.69 Å². The predicted octanol–water partition coefficient (Wildman–Crippen LogP) is 0.865. The van der Waals surface area contributed by atoms with Gasteiger partial charge in [-0.25, -0.2) is 4.98 Å². The van der Waals surface area contributed by atoms with E-state index < -0.39 is 12.5 Å². The lowest BCUT2D eigenvalue weighted by atomic mass is 10.1. The molecule has 1 amide bonds. The number of anilines is 1. The van der Waals surface area contributed by atoms with E-state index in [1.807, 2.05) is 36.5 Å². The van der Waals surface area contributed by atoms with Gasteiger partial charge >= 0.3 is 0 Å². The molecule has 0 radical (unpaired) electrons. The minimum atomic E-state index is -0.535. The molecule has 2 aromatic heterocycles. The maximum absolute atomic E-state index is 12.6. The normalized spacial score (nSPS) is 19.0. The predicted molar refractivity (Wildman–Crippen MR) is 94.8 cm³/mol. The number of aromatic nitrogens is 2. The van der Waals surface area contributed by atoms with Gasteiger partial charge in [-0.15, -0.1) is 0 Å². The number of pyridine rings is 1. The molecule has 3 aromatic rings. The third kappa shape index (κ3) is 2.31. The van der Waals surface area contributed by atoms with E-state index in [9.17, 15) is 9.90 Å². The van der Waals surface area contributed by atoms with Crippen molar-refractivity contribution in [3.05, 3.63) is 48.4 Å². The van der Waals surface area contributed by atoms with E-state index in [1.54, 1.807) is 15.5 Å². The molecule has 0 aliphatic carbocycles. The summed E-state index contributed by atoms with van der Waals surface area (Å²) in [6.45, 7) is 0.727. The van der Waals surface area contributed by atoms with Crippen molar-refractivity contribution < 1.29 is 14.6 Å². The number of nitrogens with zero attached hydrogens (tertiary/aromatic N) is 3. The van der Waals surface area contributed by atoms with Crippen LogP contribution in [-0.2, 0) is 0 Å². The number of imidazole rings is 1. The van der Waals surface area contributed by atoms with Gasteiger partial charge in [0.25, 0.3) is 5.91 Å². The third-order valence-corrected chi connectivity index (χ3v) is 4.74. The number of rotatable bonds is 2. The first-order valence-electron chi connectivity index (χ1n) is 8.36. The van der Waals surface area contributed by atoms with Gasteiger partial charge in [0.15, 0.2) is 0 Å². The van der Waals surface area contributed by atoms with Crippen molar-refractivity contribution in [1.29, 1.82) is 0 Å². The summed E-state index contributed by atoms with van der Waals surface area (Å²) >= 11 is 0. The van der Waals surface area contributed by atoms with Crippen LogP contribution in [0.2, 0.25) is 0 Å². The van der Waals surface area contributed by atoms with Crippen molar-refractivity contribution in [3.63, 3.8) is 0 Å². The van der Waals surface area contributed by atoms with Crippen LogP contribution in [0, 0.1) is 0 Å². The monoisotopic (exact) mass is 351 g/mol. The fraction of sp³-hybridized carbons (Fsp3) is 0.222. The second kappa shape index (κ2) is 5.45. The van der Waals surface area contributed by atoms with Crippen LogP contribution >= 0.6 is 0 Å². The van der Waals surface area contributed by atoms with Gasteiger partial charge in [0.2, 0.25) is 6.35 Å². The van der Waals surface area contributed by atoms with E-state index >= 15 is 0 Å². The van der Waals surface area contributed by atoms with Crippen LogP contribution in [0.15, 0.2) is 42.7 Å². The molecule has 1 fully saturated rings. The van der Waals surface area contributed by atoms with Crippen molar-refractivity contribution >= 4 is 17.2 Å². The van der Waals surface area contributed by atoms with Crippen LogP contribution in [0.1, 0.15) is 10.5 Å². The smallest absolute Gasteiger partial charge is 0.272 e. The Bertz CT molecular complexity index is 1020. The van der Waals surface area contributed by atoms with Crippen molar-refractivity contribution in [2.24, 2.45) is 5.73 Å². The summed E-state index contributed by atoms with van der Waals surface area (Å²) < 4.78 is 7.22. The van der Waals surface area contributed by atoms with E-state index in [1.165, 1.54) is 0 Å². The summed E-state index contributed by atoms with van der Waals surface area (Å²) in [6.07, 6.45) is 2.50. The highest BCUT2D eigenvalue weighted by atomic mass is 16.5. The second-order valence-electron chi connectivity index (χ2n) is 6.55. The second-order valence-corrected chi connectivity index (χ2v) is 6.55. The Labute approximate surface area is 148 Å². The van der Waals surface area contributed by atoms with Gasteiger partial charge in [0.1, 0.15) is 17.1 Å². The Morgan fingerprint density at radius 1 is 1.27 bits per heavy atom. The lowest BCUT2D eigenvalue weighted by Gasteiger charge is -2.35. The van der Waals surface area contributed by atoms with Gasteiger partial charge in [0, 0.05) is 19.3 Å². The van der Waals surface area contributed by atoms with Gasteiger partial charge in [-0.05, 0) is 35.4 Å². The molecule has 2 aliphatic heterocycles. The van der Waals surface area contributed by atoms with Crippen molar-refractivity contribution in [2.75, 3.05) is 18.4 Å². The lowest BCUT2D eigenvalue weighted by Crippen LogP contribution is -2.53. The Morgan fingerprint density at radius 3 is 2.88 bits per heavy atom. The zero-order valence-electron chi connectivity index (χ0n) is 13.8. The summed E-state index contributed by atoms with van der Waals surface area (Å²) in [5.41, 5.74) is 9.68. The Morgan fingerprint density at radius 2 is 2.08 bits per heavy atom. The number of aliphatic hydroxyl groups excluding tert-OH is 1. The Kier molecular flexibility index (Phi) is 3.18. The van der Waals surface area contributed by atoms with E-state index in [2.05, 4.69) is 10.3 Å². The van der Waals surface area contributed by atoms with Crippen LogP contribution in [0.5, 0.6) is 5.75 Å². The number of β-amino-alcohol motifs (C(OH)–C–C–N with tert-alkyl or cyclic N) is 1. The number of amides is 1. The molecule has 8 nitrogen and oxygen atoms in total. The lowest BCUT2D eigenvalue weighted by molar-refractivity contribution is 0.00543. The number of fused-ring (bicyclic) bond motifs is 2. The molecule has 1 unspecified atom stereocenters. The molecule has 4 N–H and O–H groups in total. The van der Waals surface area contributed by atoms with Crippen LogP contribution < -0.4 is 15.8 Å². The maximum atomic E-state index is 12.6. The van der Waals surface area contributed by atoms with Gasteiger partial charge in [0.05, 0.1) is 18.0 Å². The topological polar surface area (TPSA) is 105 Å². The zero-order chi connectivity index (χ0) is 17.8. The number of carbonyl (C=O) groups excluding carboxylic acids is 1. The molecule has 8 heteroatoms. The van der Waals surface area contributed by atoms with E-state index in [4.69, 9.17) is 10.5 Å². The molecule has 1 aromatic carbocycles. The quantitative estimate of drug-likeness (QED) is 0.633. The number of nitrogens with two attached hydrogens (primary N) is 1. The first-order valence-corrected chi connectivity index (χ1v) is 8.36. The van der Waals surface area contributed by atoms with Crippen LogP contribution in [0.3, 0.4) is 0 Å². The highest BCUT2D eigenvalue weighted by Crippen LogP contribution is 2.35. The summed E-state index contributed by atoms with van der Waals surface area (Å²) in [6, 6.07) is 9.62. The van der Waals surface area contributed by atoms with Gasteiger partial charge < -0.3 is 20.1 Å². The largest absolute Gasteiger partial charge is 0.456 e. The fourth-order valence-corrected chi connectivity index (χ4v) is 3.34. The van der Waals surface area contributed by atoms with E-state index in [0.717, 1.165) is 22.6 Å². The highest BCUT2D eigenvalue weighted by molar-refractivity contribution is 5.94. The number of benzene rings is 1. The molecular formula is C18H17N5O3. The zero-order valence-corrected chi connectivity index (χ0v) is 13.8. The van der Waals surface area contributed by atoms with Crippen LogP contribution in [-0.4, -0.2) is 50.8 Å². The Balaban J connectivity index is 1.53. The highest BCUT2D eigenvalue weighted by Gasteiger charge is 2.31. The van der Waals surface area contributed by atoms with Crippen molar-refractivity contribution in [3.8, 4) is 16.9 Å². The number of ether oxygens (including phenoxy) is 1. The molecular weight excluding hydrogens is 334 g/mol. The summed E-state index contributed by atoms with van der Waals surface area (Å²) in [5.74, 6) is 0.590. The van der Waals surface area contributed by atoms with Gasteiger partial charge in [-0.2, -0.15) is 0 Å². The van der Waals surface area contributed by atoms with Crippen molar-refractivity contribution in [1.82, 2.24) is 14.3 Å². The third-order valence-electron chi connectivity index (χ3n) is 4.74. The average molecular weight is 351 g/mol. The number of hydrogen-bond donors (Lipinski definition) is 3. The molecule has 1 atom stereocenters. The van der Waals surface area contributed by atoms with Gasteiger partial charge in [-0.3, -0.25) is 14.9 Å². The van der Waals surface area contributed by atoms with E-state index in [0.29, 0.717) is 24.4 Å². The molecule has 26 heavy (non-hydrogen) atoms. The number of carbonyl (C=O) groups is 1. The number of likely N-dealkylation sites (tertiary alicyclic amines) is 1. The summed E-state index contributed by atoms with van der Waals surface area (Å²) in [4.78, 5) is 18.5. The fourth-order valence-electron chi connectivity index (χ4n) is 3.34. The first-order chi connectivity index (χ1) is 12.6. The van der Waals surface area contributed by atoms with Gasteiger partial charge in [-0.1, -0.05) is 6.07 Å². The number of nitrogens with one attached hydrogen (secondary N) is 1. The minimum Gasteiger partial charge on any atom is -0.456 e. The molecule has 132 valence electrons. The molecule has 0 saturated carbocycles. The molecule has 4 heterocycles. The van der Waals surface area contributed by atoms with E-state index in [-0.39, 0.29) is 5.91 Å². The molecule has 5 rings (SSSR count). The maximum Gasteiger partial charge on any atom is 0.272 e. The average Bonchev–Trinajstić information content (AvgIpc) is 3.19. The van der Waals surface area contributed by atoms with Crippen LogP contribution in [0.25, 0.3) is 16.8 Å². The Hall–Kier alpha value is -3.10. The minimum absolute atomic E-state index is 0.130. The molecule has 1 saturated heterocycles. The number of aliphatic hydroxyl groups is 1. The molecule has 0 spiro atoms. The summed E-state index contributed by atoms with van der Waals surface area (Å²) in [7, 11) is 0. The number of hydrogen-bond acceptors (Lipinski definition) is 6. The summed E-state index contributed by atoms with van der Waals surface area (Å²) in [5, 5.41) is 12.5. The molecule has 0 bridgehead atoms. The molecule has 2 aliphatic rings. The first kappa shape index (κ1) is 15.2.